The van der Waals surface area contributed by atoms with Crippen LogP contribution in [0.25, 0.3) is 0 Å². The minimum Gasteiger partial charge on any atom is -0.356 e. The molecule has 0 bridgehead atoms. The summed E-state index contributed by atoms with van der Waals surface area (Å²) in [6.45, 7) is 2.97. The molecule has 6 heteroatoms. The van der Waals surface area contributed by atoms with Crippen molar-refractivity contribution in [1.29, 1.82) is 0 Å². The molecule has 0 saturated heterocycles. The number of halogens is 3. The number of guanidine groups is 1. The van der Waals surface area contributed by atoms with Gasteiger partial charge in [0.1, 0.15) is 5.82 Å². The zero-order valence-corrected chi connectivity index (χ0v) is 14.7. The third kappa shape index (κ3) is 4.22. The molecule has 0 amide bonds. The van der Waals surface area contributed by atoms with Crippen molar-refractivity contribution in [2.45, 2.75) is 31.7 Å². The number of nitrogens with one attached hydrogen (secondary N) is 2. The molecule has 2 atom stereocenters. The highest BCUT2D eigenvalue weighted by atomic mass is 127. The first-order chi connectivity index (χ1) is 9.17. The highest BCUT2D eigenvalue weighted by Gasteiger charge is 2.41. The molecule has 2 N–H and O–H groups in total. The van der Waals surface area contributed by atoms with E-state index in [-0.39, 0.29) is 41.8 Å². The van der Waals surface area contributed by atoms with Crippen molar-refractivity contribution in [2.24, 2.45) is 4.99 Å². The molecule has 0 radical (unpaired) electrons. The average molecular weight is 412 g/mol. The van der Waals surface area contributed by atoms with Crippen molar-refractivity contribution in [3.8, 4) is 0 Å². The van der Waals surface area contributed by atoms with E-state index in [9.17, 15) is 4.39 Å². The Kier molecular flexibility index (Phi) is 7.02. The molecule has 1 saturated carbocycles. The molecule has 1 fully saturated rings. The molecule has 0 aliphatic heterocycles. The maximum atomic E-state index is 13.8. The molecule has 112 valence electrons. The highest BCUT2D eigenvalue weighted by Crippen LogP contribution is 2.44. The smallest absolute Gasteiger partial charge is 0.191 e. The van der Waals surface area contributed by atoms with Crippen molar-refractivity contribution in [2.75, 3.05) is 13.6 Å². The summed E-state index contributed by atoms with van der Waals surface area (Å²) in [5.74, 6) is 0.675. The van der Waals surface area contributed by atoms with E-state index in [1.54, 1.807) is 19.2 Å². The Morgan fingerprint density at radius 3 is 2.85 bits per heavy atom. The van der Waals surface area contributed by atoms with Crippen LogP contribution in [-0.4, -0.2) is 25.6 Å². The second-order valence-electron chi connectivity index (χ2n) is 4.73. The Balaban J connectivity index is 0.00000200. The summed E-state index contributed by atoms with van der Waals surface area (Å²) in [5.41, 5.74) is 0.618. The van der Waals surface area contributed by atoms with Crippen LogP contribution in [0.15, 0.2) is 23.2 Å². The van der Waals surface area contributed by atoms with Gasteiger partial charge >= 0.3 is 0 Å². The summed E-state index contributed by atoms with van der Waals surface area (Å²) in [4.78, 5) is 4.15. The lowest BCUT2D eigenvalue weighted by Gasteiger charge is -2.11. The summed E-state index contributed by atoms with van der Waals surface area (Å²) in [5, 5.41) is 7.00. The number of hydrogen-bond acceptors (Lipinski definition) is 1. The van der Waals surface area contributed by atoms with Crippen molar-refractivity contribution in [3.63, 3.8) is 0 Å². The standard InChI is InChI=1S/C14H19ClFN3.HI/c1-3-7-18-14(17-2)19-12-8-9(12)13-10(15)5-4-6-11(13)16;/h4-6,9,12H,3,7-8H2,1-2H3,(H2,17,18,19);1H. The Labute approximate surface area is 141 Å². The third-order valence-corrected chi connectivity index (χ3v) is 3.58. The lowest BCUT2D eigenvalue weighted by molar-refractivity contribution is 0.608. The molecule has 0 aromatic heterocycles. The fourth-order valence-corrected chi connectivity index (χ4v) is 2.46. The van der Waals surface area contributed by atoms with Gasteiger partial charge in [-0.25, -0.2) is 4.39 Å². The van der Waals surface area contributed by atoms with E-state index in [0.29, 0.717) is 10.6 Å². The van der Waals surface area contributed by atoms with Gasteiger partial charge in [0.25, 0.3) is 0 Å². The van der Waals surface area contributed by atoms with E-state index in [1.807, 2.05) is 0 Å². The monoisotopic (exact) mass is 411 g/mol. The number of rotatable bonds is 4. The van der Waals surface area contributed by atoms with E-state index in [0.717, 1.165) is 25.3 Å². The van der Waals surface area contributed by atoms with Gasteiger partial charge in [-0.3, -0.25) is 4.99 Å². The molecule has 0 heterocycles. The topological polar surface area (TPSA) is 36.4 Å². The van der Waals surface area contributed by atoms with Crippen LogP contribution in [0.5, 0.6) is 0 Å². The van der Waals surface area contributed by atoms with Gasteiger partial charge < -0.3 is 10.6 Å². The first-order valence-corrected chi connectivity index (χ1v) is 6.96. The molecule has 0 spiro atoms. The van der Waals surface area contributed by atoms with Gasteiger partial charge in [-0.15, -0.1) is 24.0 Å². The van der Waals surface area contributed by atoms with E-state index >= 15 is 0 Å². The van der Waals surface area contributed by atoms with Gasteiger partial charge in [0.05, 0.1) is 0 Å². The minimum absolute atomic E-state index is 0. The lowest BCUT2D eigenvalue weighted by Crippen LogP contribution is -2.39. The van der Waals surface area contributed by atoms with Gasteiger partial charge in [-0.05, 0) is 25.0 Å². The van der Waals surface area contributed by atoms with E-state index in [1.165, 1.54) is 6.07 Å². The van der Waals surface area contributed by atoms with Gasteiger partial charge in [0, 0.05) is 36.1 Å². The van der Waals surface area contributed by atoms with Gasteiger partial charge in [0.2, 0.25) is 0 Å². The van der Waals surface area contributed by atoms with Crippen LogP contribution >= 0.6 is 35.6 Å². The summed E-state index contributed by atoms with van der Waals surface area (Å²) in [6, 6.07) is 5.03. The second-order valence-corrected chi connectivity index (χ2v) is 5.13. The normalized spacial score (nSPS) is 21.1. The molecular formula is C14H20ClFIN3. The molecule has 20 heavy (non-hydrogen) atoms. The fraction of sp³-hybridized carbons (Fsp3) is 0.500. The van der Waals surface area contributed by atoms with E-state index in [4.69, 9.17) is 11.6 Å². The Morgan fingerprint density at radius 1 is 1.50 bits per heavy atom. The number of aliphatic imine (C=N–C) groups is 1. The molecule has 1 aromatic rings. The Morgan fingerprint density at radius 2 is 2.25 bits per heavy atom. The minimum atomic E-state index is -0.224. The van der Waals surface area contributed by atoms with Crippen LogP contribution in [0, 0.1) is 5.82 Å². The van der Waals surface area contributed by atoms with Crippen molar-refractivity contribution in [1.82, 2.24) is 10.6 Å². The number of benzene rings is 1. The van der Waals surface area contributed by atoms with Gasteiger partial charge in [-0.1, -0.05) is 24.6 Å². The van der Waals surface area contributed by atoms with Crippen LogP contribution in [0.4, 0.5) is 4.39 Å². The van der Waals surface area contributed by atoms with Crippen LogP contribution in [0.1, 0.15) is 31.2 Å². The summed E-state index contributed by atoms with van der Waals surface area (Å²) < 4.78 is 13.8. The lowest BCUT2D eigenvalue weighted by atomic mass is 10.1. The van der Waals surface area contributed by atoms with Crippen molar-refractivity contribution < 1.29 is 4.39 Å². The van der Waals surface area contributed by atoms with E-state index < -0.39 is 0 Å². The van der Waals surface area contributed by atoms with Crippen molar-refractivity contribution in [3.05, 3.63) is 34.6 Å². The maximum Gasteiger partial charge on any atom is 0.191 e. The van der Waals surface area contributed by atoms with Crippen LogP contribution in [0.3, 0.4) is 0 Å². The van der Waals surface area contributed by atoms with Gasteiger partial charge in [0.15, 0.2) is 5.96 Å². The average Bonchev–Trinajstić information content (AvgIpc) is 3.13. The summed E-state index contributed by atoms with van der Waals surface area (Å²) in [6.07, 6.45) is 1.92. The quantitative estimate of drug-likeness (QED) is 0.452. The summed E-state index contributed by atoms with van der Waals surface area (Å²) >= 11 is 6.07. The Bertz CT molecular complexity index is 461. The van der Waals surface area contributed by atoms with Gasteiger partial charge in [-0.2, -0.15) is 0 Å². The molecule has 1 aromatic carbocycles. The largest absolute Gasteiger partial charge is 0.356 e. The fourth-order valence-electron chi connectivity index (χ4n) is 2.15. The number of hydrogen-bond donors (Lipinski definition) is 2. The third-order valence-electron chi connectivity index (χ3n) is 3.25. The molecular weight excluding hydrogens is 392 g/mol. The summed E-state index contributed by atoms with van der Waals surface area (Å²) in [7, 11) is 1.73. The van der Waals surface area contributed by atoms with Crippen LogP contribution < -0.4 is 10.6 Å². The predicted molar refractivity (Wildman–Crippen MR) is 92.8 cm³/mol. The van der Waals surface area contributed by atoms with Crippen LogP contribution in [-0.2, 0) is 0 Å². The first-order valence-electron chi connectivity index (χ1n) is 6.58. The highest BCUT2D eigenvalue weighted by molar-refractivity contribution is 14.0. The first kappa shape index (κ1) is 17.5. The number of nitrogens with zero attached hydrogens (tertiary/aromatic N) is 1. The van der Waals surface area contributed by atoms with Crippen LogP contribution in [0.2, 0.25) is 5.02 Å². The predicted octanol–water partition coefficient (Wildman–Crippen LogP) is 3.53. The molecule has 3 nitrogen and oxygen atoms in total. The molecule has 1 aliphatic carbocycles. The molecule has 2 rings (SSSR count). The van der Waals surface area contributed by atoms with E-state index in [2.05, 4.69) is 22.5 Å². The second kappa shape index (κ2) is 8.02. The van der Waals surface area contributed by atoms with Crippen molar-refractivity contribution >= 4 is 41.5 Å². The maximum absolute atomic E-state index is 13.8. The Hall–Kier alpha value is -0.560. The zero-order chi connectivity index (χ0) is 13.8. The SMILES string of the molecule is CCCNC(=NC)NC1CC1c1c(F)cccc1Cl.I. The molecule has 1 aliphatic rings. The zero-order valence-electron chi connectivity index (χ0n) is 11.6. The molecule has 2 unspecified atom stereocenters.